The van der Waals surface area contributed by atoms with Crippen LogP contribution < -0.4 is 10.1 Å². The average molecular weight is 376 g/mol. The summed E-state index contributed by atoms with van der Waals surface area (Å²) < 4.78 is 22.2. The van der Waals surface area contributed by atoms with Crippen molar-refractivity contribution in [2.45, 2.75) is 13.8 Å². The minimum absolute atomic E-state index is 0.301. The van der Waals surface area contributed by atoms with Crippen LogP contribution in [0.2, 0.25) is 0 Å². The van der Waals surface area contributed by atoms with Crippen LogP contribution in [-0.2, 0) is 0 Å². The van der Waals surface area contributed by atoms with Gasteiger partial charge in [-0.05, 0) is 37.6 Å². The van der Waals surface area contributed by atoms with Gasteiger partial charge in [-0.15, -0.1) is 0 Å². The number of aryl methyl sites for hydroxylation is 1. The van der Waals surface area contributed by atoms with Gasteiger partial charge in [0.15, 0.2) is 5.65 Å². The minimum atomic E-state index is -0.456. The topological polar surface area (TPSA) is 77.2 Å². The van der Waals surface area contributed by atoms with Crippen molar-refractivity contribution in [2.75, 3.05) is 5.32 Å². The van der Waals surface area contributed by atoms with Gasteiger partial charge < -0.3 is 10.1 Å². The second-order valence-electron chi connectivity index (χ2n) is 6.19. The molecule has 4 aromatic rings. The van der Waals surface area contributed by atoms with E-state index in [-0.39, 0.29) is 0 Å². The Balaban J connectivity index is 1.62. The molecule has 0 aliphatic carbocycles. The van der Waals surface area contributed by atoms with Crippen LogP contribution in [0.4, 0.5) is 15.9 Å². The fraction of sp³-hybridized carbons (Fsp3) is 0.100. The molecule has 0 saturated heterocycles. The van der Waals surface area contributed by atoms with Crippen LogP contribution >= 0.6 is 0 Å². The van der Waals surface area contributed by atoms with Gasteiger partial charge in [0.05, 0.1) is 11.4 Å². The van der Waals surface area contributed by atoms with Gasteiger partial charge in [-0.2, -0.15) is 5.10 Å². The molecule has 0 bridgehead atoms. The number of ether oxygens (including phenoxy) is 1. The lowest BCUT2D eigenvalue weighted by Gasteiger charge is -2.14. The Bertz CT molecular complexity index is 1190. The van der Waals surface area contributed by atoms with Gasteiger partial charge in [0.2, 0.25) is 0 Å². The highest BCUT2D eigenvalue weighted by molar-refractivity contribution is 5.65. The van der Waals surface area contributed by atoms with Crippen LogP contribution in [0, 0.1) is 19.7 Å². The van der Waals surface area contributed by atoms with E-state index in [1.165, 1.54) is 18.7 Å². The smallest absolute Gasteiger partial charge is 0.158 e. The first-order chi connectivity index (χ1) is 13.5. The Kier molecular flexibility index (Phi) is 4.44. The maximum atomic E-state index is 14.7. The normalized spacial score (nSPS) is 10.8. The van der Waals surface area contributed by atoms with Gasteiger partial charge >= 0.3 is 0 Å². The van der Waals surface area contributed by atoms with Crippen molar-refractivity contribution in [3.8, 4) is 11.5 Å². The standard InChI is InChI=1S/C20H17FN6O/c1-4-16-13(3)20(24-10-22-16)26-17-7-12(2)18(9-15(17)21)28-14-5-6-27-19(8-14)23-11-25-27/h4-11H,1H2,2-3H3,(H,22,24,26). The molecular formula is C20H17FN6O. The summed E-state index contributed by atoms with van der Waals surface area (Å²) in [7, 11) is 0. The molecule has 0 aliphatic rings. The number of nitrogens with one attached hydrogen (secondary N) is 1. The molecule has 0 amide bonds. The molecule has 0 radical (unpaired) electrons. The fourth-order valence-corrected chi connectivity index (χ4v) is 2.78. The van der Waals surface area contributed by atoms with E-state index in [2.05, 4.69) is 31.9 Å². The predicted molar refractivity (Wildman–Crippen MR) is 104 cm³/mol. The molecule has 28 heavy (non-hydrogen) atoms. The lowest BCUT2D eigenvalue weighted by Crippen LogP contribution is -2.02. The van der Waals surface area contributed by atoms with Crippen LogP contribution in [0.5, 0.6) is 11.5 Å². The first-order valence-corrected chi connectivity index (χ1v) is 8.53. The van der Waals surface area contributed by atoms with Gasteiger partial charge in [0.1, 0.15) is 35.8 Å². The predicted octanol–water partition coefficient (Wildman–Crippen LogP) is 4.45. The third-order valence-corrected chi connectivity index (χ3v) is 4.31. The van der Waals surface area contributed by atoms with E-state index < -0.39 is 5.82 Å². The molecule has 0 spiro atoms. The summed E-state index contributed by atoms with van der Waals surface area (Å²) in [5.74, 6) is 1.03. The Hall–Kier alpha value is -3.81. The molecule has 0 aliphatic heterocycles. The van der Waals surface area contributed by atoms with Crippen molar-refractivity contribution in [2.24, 2.45) is 0 Å². The van der Waals surface area contributed by atoms with E-state index in [1.54, 1.807) is 35.0 Å². The second kappa shape index (κ2) is 7.07. The monoisotopic (exact) mass is 376 g/mol. The van der Waals surface area contributed by atoms with E-state index in [9.17, 15) is 4.39 Å². The largest absolute Gasteiger partial charge is 0.457 e. The number of rotatable bonds is 5. The van der Waals surface area contributed by atoms with E-state index in [0.29, 0.717) is 34.3 Å². The molecule has 8 heteroatoms. The van der Waals surface area contributed by atoms with Gasteiger partial charge in [0.25, 0.3) is 0 Å². The van der Waals surface area contributed by atoms with Crippen LogP contribution in [0.1, 0.15) is 16.8 Å². The van der Waals surface area contributed by atoms with E-state index in [0.717, 1.165) is 11.1 Å². The van der Waals surface area contributed by atoms with Crippen molar-refractivity contribution in [1.82, 2.24) is 24.6 Å². The Morgan fingerprint density at radius 2 is 2.00 bits per heavy atom. The minimum Gasteiger partial charge on any atom is -0.457 e. The van der Waals surface area contributed by atoms with E-state index >= 15 is 0 Å². The number of nitrogens with zero attached hydrogens (tertiary/aromatic N) is 5. The zero-order chi connectivity index (χ0) is 19.7. The maximum Gasteiger partial charge on any atom is 0.158 e. The van der Waals surface area contributed by atoms with Crippen LogP contribution in [-0.4, -0.2) is 24.6 Å². The molecule has 1 aromatic carbocycles. The van der Waals surface area contributed by atoms with Crippen molar-refractivity contribution < 1.29 is 9.13 Å². The maximum absolute atomic E-state index is 14.7. The molecule has 3 aromatic heterocycles. The SMILES string of the molecule is C=Cc1ncnc(Nc2cc(C)c(Oc3ccn4ncnc4c3)cc2F)c1C. The number of fused-ring (bicyclic) bond motifs is 1. The summed E-state index contributed by atoms with van der Waals surface area (Å²) in [5.41, 5.74) is 3.19. The Morgan fingerprint density at radius 1 is 1.14 bits per heavy atom. The number of halogens is 1. The molecular weight excluding hydrogens is 359 g/mol. The summed E-state index contributed by atoms with van der Waals surface area (Å²) in [6.07, 6.45) is 6.23. The molecule has 0 unspecified atom stereocenters. The average Bonchev–Trinajstić information content (AvgIpc) is 3.15. The number of anilines is 2. The van der Waals surface area contributed by atoms with Crippen molar-refractivity contribution in [3.05, 3.63) is 72.3 Å². The lowest BCUT2D eigenvalue weighted by atomic mass is 10.1. The molecule has 7 nitrogen and oxygen atoms in total. The third kappa shape index (κ3) is 3.27. The third-order valence-electron chi connectivity index (χ3n) is 4.31. The van der Waals surface area contributed by atoms with Gasteiger partial charge in [-0.25, -0.2) is 23.9 Å². The van der Waals surface area contributed by atoms with Gasteiger partial charge in [-0.1, -0.05) is 6.58 Å². The zero-order valence-electron chi connectivity index (χ0n) is 15.3. The highest BCUT2D eigenvalue weighted by atomic mass is 19.1. The highest BCUT2D eigenvalue weighted by Gasteiger charge is 2.12. The number of pyridine rings is 1. The van der Waals surface area contributed by atoms with Crippen LogP contribution in [0.3, 0.4) is 0 Å². The van der Waals surface area contributed by atoms with E-state index in [4.69, 9.17) is 4.74 Å². The summed E-state index contributed by atoms with van der Waals surface area (Å²) in [4.78, 5) is 12.4. The summed E-state index contributed by atoms with van der Waals surface area (Å²) in [6.45, 7) is 7.41. The molecule has 0 atom stereocenters. The van der Waals surface area contributed by atoms with Gasteiger partial charge in [-0.3, -0.25) is 0 Å². The second-order valence-corrected chi connectivity index (χ2v) is 6.19. The summed E-state index contributed by atoms with van der Waals surface area (Å²) in [6, 6.07) is 6.50. The van der Waals surface area contributed by atoms with Crippen LogP contribution in [0.15, 0.2) is 49.7 Å². The summed E-state index contributed by atoms with van der Waals surface area (Å²) in [5, 5.41) is 7.05. The fourth-order valence-electron chi connectivity index (χ4n) is 2.78. The summed E-state index contributed by atoms with van der Waals surface area (Å²) >= 11 is 0. The van der Waals surface area contributed by atoms with E-state index in [1.807, 2.05) is 13.8 Å². The van der Waals surface area contributed by atoms with Crippen molar-refractivity contribution in [3.63, 3.8) is 0 Å². The molecule has 3 heterocycles. The molecule has 4 rings (SSSR count). The highest BCUT2D eigenvalue weighted by Crippen LogP contribution is 2.31. The van der Waals surface area contributed by atoms with Gasteiger partial charge in [0, 0.05) is 23.9 Å². The van der Waals surface area contributed by atoms with Crippen molar-refractivity contribution in [1.29, 1.82) is 0 Å². The molecule has 1 N–H and O–H groups in total. The Labute approximate surface area is 160 Å². The Morgan fingerprint density at radius 3 is 2.82 bits per heavy atom. The van der Waals surface area contributed by atoms with Crippen molar-refractivity contribution >= 4 is 23.2 Å². The molecule has 0 fully saturated rings. The zero-order valence-corrected chi connectivity index (χ0v) is 15.3. The lowest BCUT2D eigenvalue weighted by molar-refractivity contribution is 0.473. The number of benzene rings is 1. The van der Waals surface area contributed by atoms with Crippen LogP contribution in [0.25, 0.3) is 11.7 Å². The number of aromatic nitrogens is 5. The molecule has 0 saturated carbocycles. The number of hydrogen-bond acceptors (Lipinski definition) is 6. The molecule has 140 valence electrons. The first-order valence-electron chi connectivity index (χ1n) is 8.53. The first kappa shape index (κ1) is 17.6. The number of hydrogen-bond donors (Lipinski definition) is 1. The quantitative estimate of drug-likeness (QED) is 0.554.